The van der Waals surface area contributed by atoms with Gasteiger partial charge in [0.25, 0.3) is 0 Å². The highest BCUT2D eigenvalue weighted by atomic mass is 79.9. The van der Waals surface area contributed by atoms with Crippen LogP contribution in [-0.2, 0) is 6.42 Å². The molecular weight excluding hydrogens is 308 g/mol. The highest BCUT2D eigenvalue weighted by Crippen LogP contribution is 2.38. The number of hydrogen-bond donors (Lipinski definition) is 1. The molecule has 0 bridgehead atoms. The Hall–Kier alpha value is -0.740. The molecule has 0 spiro atoms. The van der Waals surface area contributed by atoms with E-state index in [2.05, 4.69) is 15.9 Å². The van der Waals surface area contributed by atoms with Gasteiger partial charge in [-0.25, -0.2) is 0 Å². The molecule has 1 saturated carbocycles. The van der Waals surface area contributed by atoms with Gasteiger partial charge in [0.1, 0.15) is 0 Å². The van der Waals surface area contributed by atoms with Crippen LogP contribution in [0.4, 0.5) is 0 Å². The summed E-state index contributed by atoms with van der Waals surface area (Å²) in [4.78, 5) is 0. The zero-order chi connectivity index (χ0) is 13.8. The van der Waals surface area contributed by atoms with Gasteiger partial charge in [-0.3, -0.25) is 0 Å². The summed E-state index contributed by atoms with van der Waals surface area (Å²) in [5.41, 5.74) is 1.05. The van der Waals surface area contributed by atoms with E-state index in [1.807, 2.05) is 12.1 Å². The molecule has 1 aromatic carbocycles. The number of rotatable bonds is 5. The van der Waals surface area contributed by atoms with Crippen LogP contribution in [-0.4, -0.2) is 24.4 Å². The zero-order valence-electron chi connectivity index (χ0n) is 11.5. The Labute approximate surface area is 123 Å². The van der Waals surface area contributed by atoms with Crippen LogP contribution in [0.1, 0.15) is 38.2 Å². The second-order valence-electron chi connectivity index (χ2n) is 5.19. The second-order valence-corrected chi connectivity index (χ2v) is 6.04. The van der Waals surface area contributed by atoms with Crippen molar-refractivity contribution in [2.75, 3.05) is 7.11 Å². The van der Waals surface area contributed by atoms with Gasteiger partial charge in [-0.1, -0.05) is 0 Å². The summed E-state index contributed by atoms with van der Waals surface area (Å²) in [6.45, 7) is 1.79. The van der Waals surface area contributed by atoms with Crippen molar-refractivity contribution in [3.05, 3.63) is 22.2 Å². The molecule has 19 heavy (non-hydrogen) atoms. The van der Waals surface area contributed by atoms with Gasteiger partial charge >= 0.3 is 0 Å². The van der Waals surface area contributed by atoms with Crippen molar-refractivity contribution in [3.8, 4) is 11.5 Å². The van der Waals surface area contributed by atoms with Crippen LogP contribution in [0, 0.1) is 0 Å². The SMILES string of the molecule is COc1c(Br)cc(CC(C)O)cc1OC1CCCC1. The summed E-state index contributed by atoms with van der Waals surface area (Å²) in [7, 11) is 1.65. The Balaban J connectivity index is 2.23. The Morgan fingerprint density at radius 3 is 2.63 bits per heavy atom. The summed E-state index contributed by atoms with van der Waals surface area (Å²) in [5, 5.41) is 9.51. The molecule has 106 valence electrons. The highest BCUT2D eigenvalue weighted by Gasteiger charge is 2.20. The minimum Gasteiger partial charge on any atom is -0.492 e. The summed E-state index contributed by atoms with van der Waals surface area (Å²) >= 11 is 3.51. The van der Waals surface area contributed by atoms with E-state index >= 15 is 0 Å². The van der Waals surface area contributed by atoms with E-state index in [9.17, 15) is 5.11 Å². The van der Waals surface area contributed by atoms with Gasteiger partial charge in [-0.15, -0.1) is 0 Å². The quantitative estimate of drug-likeness (QED) is 0.895. The van der Waals surface area contributed by atoms with Crippen molar-refractivity contribution >= 4 is 15.9 Å². The standard InChI is InChI=1S/C15H21BrO3/c1-10(17)7-11-8-13(16)15(18-2)14(9-11)19-12-5-3-4-6-12/h8-10,12,17H,3-7H2,1-2H3. The molecule has 0 saturated heterocycles. The van der Waals surface area contributed by atoms with E-state index in [0.29, 0.717) is 12.5 Å². The molecule has 1 unspecified atom stereocenters. The first-order chi connectivity index (χ1) is 9.10. The maximum absolute atomic E-state index is 9.51. The first-order valence-corrected chi connectivity index (χ1v) is 7.60. The lowest BCUT2D eigenvalue weighted by Gasteiger charge is -2.18. The van der Waals surface area contributed by atoms with Crippen LogP contribution in [0.5, 0.6) is 11.5 Å². The third kappa shape index (κ3) is 3.86. The molecule has 4 heteroatoms. The van der Waals surface area contributed by atoms with Crippen LogP contribution in [0.25, 0.3) is 0 Å². The van der Waals surface area contributed by atoms with Crippen molar-refractivity contribution in [2.45, 2.75) is 51.2 Å². The largest absolute Gasteiger partial charge is 0.492 e. The third-order valence-electron chi connectivity index (χ3n) is 3.40. The molecule has 1 fully saturated rings. The lowest BCUT2D eigenvalue weighted by Crippen LogP contribution is -2.12. The van der Waals surface area contributed by atoms with E-state index < -0.39 is 0 Å². The van der Waals surface area contributed by atoms with Crippen LogP contribution in [0.15, 0.2) is 16.6 Å². The van der Waals surface area contributed by atoms with Gasteiger partial charge in [0, 0.05) is 0 Å². The number of methoxy groups -OCH3 is 1. The normalized spacial score (nSPS) is 17.5. The lowest BCUT2D eigenvalue weighted by atomic mass is 10.1. The molecule has 1 atom stereocenters. The van der Waals surface area contributed by atoms with Crippen molar-refractivity contribution in [1.82, 2.24) is 0 Å². The van der Waals surface area contributed by atoms with Crippen molar-refractivity contribution in [3.63, 3.8) is 0 Å². The fourth-order valence-electron chi connectivity index (χ4n) is 2.55. The van der Waals surface area contributed by atoms with Gasteiger partial charge in [0.15, 0.2) is 11.5 Å². The molecule has 1 aromatic rings. The lowest BCUT2D eigenvalue weighted by molar-refractivity contribution is 0.192. The van der Waals surface area contributed by atoms with Crippen LogP contribution in [0.3, 0.4) is 0 Å². The molecule has 0 aromatic heterocycles. The summed E-state index contributed by atoms with van der Waals surface area (Å²) in [6, 6.07) is 3.96. The number of aliphatic hydroxyl groups excluding tert-OH is 1. The fourth-order valence-corrected chi connectivity index (χ4v) is 3.20. The zero-order valence-corrected chi connectivity index (χ0v) is 13.1. The number of aliphatic hydroxyl groups is 1. The Bertz CT molecular complexity index is 426. The van der Waals surface area contributed by atoms with Gasteiger partial charge < -0.3 is 14.6 Å². The first-order valence-electron chi connectivity index (χ1n) is 6.81. The van der Waals surface area contributed by atoms with Crippen molar-refractivity contribution in [2.24, 2.45) is 0 Å². The van der Waals surface area contributed by atoms with E-state index in [4.69, 9.17) is 9.47 Å². The molecular formula is C15H21BrO3. The average Bonchev–Trinajstić information content (AvgIpc) is 2.80. The van der Waals surface area contributed by atoms with Gasteiger partial charge in [-0.05, 0) is 72.7 Å². The van der Waals surface area contributed by atoms with Crippen molar-refractivity contribution in [1.29, 1.82) is 0 Å². The maximum Gasteiger partial charge on any atom is 0.174 e. The molecule has 2 rings (SSSR count). The predicted molar refractivity (Wildman–Crippen MR) is 79.0 cm³/mol. The van der Waals surface area contributed by atoms with Crippen molar-refractivity contribution < 1.29 is 14.6 Å². The molecule has 1 aliphatic carbocycles. The fraction of sp³-hybridized carbons (Fsp3) is 0.600. The molecule has 1 aliphatic rings. The molecule has 0 heterocycles. The third-order valence-corrected chi connectivity index (χ3v) is 3.99. The number of ether oxygens (including phenoxy) is 2. The molecule has 0 radical (unpaired) electrons. The minimum absolute atomic E-state index is 0.294. The van der Waals surface area contributed by atoms with Crippen LogP contribution >= 0.6 is 15.9 Å². The Morgan fingerprint density at radius 1 is 1.37 bits per heavy atom. The Kier molecular flexibility index (Phi) is 5.11. The second kappa shape index (κ2) is 6.62. The van der Waals surface area contributed by atoms with Gasteiger partial charge in [0.05, 0.1) is 23.8 Å². The monoisotopic (exact) mass is 328 g/mol. The molecule has 0 aliphatic heterocycles. The molecule has 0 amide bonds. The van der Waals surface area contributed by atoms with Crippen LogP contribution in [0.2, 0.25) is 0 Å². The van der Waals surface area contributed by atoms with E-state index in [1.54, 1.807) is 14.0 Å². The smallest absolute Gasteiger partial charge is 0.174 e. The Morgan fingerprint density at radius 2 is 2.05 bits per heavy atom. The molecule has 1 N–H and O–H groups in total. The van der Waals surface area contributed by atoms with Gasteiger partial charge in [-0.2, -0.15) is 0 Å². The number of benzene rings is 1. The predicted octanol–water partition coefficient (Wildman–Crippen LogP) is 3.70. The average molecular weight is 329 g/mol. The van der Waals surface area contributed by atoms with E-state index in [1.165, 1.54) is 12.8 Å². The summed E-state index contributed by atoms with van der Waals surface area (Å²) in [5.74, 6) is 1.51. The highest BCUT2D eigenvalue weighted by molar-refractivity contribution is 9.10. The summed E-state index contributed by atoms with van der Waals surface area (Å²) in [6.07, 6.45) is 5.25. The van der Waals surface area contributed by atoms with E-state index in [-0.39, 0.29) is 6.10 Å². The van der Waals surface area contributed by atoms with Crippen LogP contribution < -0.4 is 9.47 Å². The minimum atomic E-state index is -0.361. The first kappa shape index (κ1) is 14.7. The summed E-state index contributed by atoms with van der Waals surface area (Å²) < 4.78 is 12.4. The molecule has 3 nitrogen and oxygen atoms in total. The van der Waals surface area contributed by atoms with E-state index in [0.717, 1.165) is 34.4 Å². The maximum atomic E-state index is 9.51. The number of halogens is 1. The topological polar surface area (TPSA) is 38.7 Å². The van der Waals surface area contributed by atoms with Gasteiger partial charge in [0.2, 0.25) is 0 Å². The number of hydrogen-bond acceptors (Lipinski definition) is 3.